The average Bonchev–Trinajstić information content (AvgIpc) is 3.35. The molecule has 4 heterocycles. The summed E-state index contributed by atoms with van der Waals surface area (Å²) in [5.74, 6) is 0.108. The van der Waals surface area contributed by atoms with E-state index in [0.29, 0.717) is 35.4 Å². The van der Waals surface area contributed by atoms with Crippen molar-refractivity contribution in [3.63, 3.8) is 0 Å². The molecule has 0 radical (unpaired) electrons. The average molecular weight is 542 g/mol. The van der Waals surface area contributed by atoms with Gasteiger partial charge in [-0.3, -0.25) is 4.90 Å². The molecular weight excluding hydrogens is 515 g/mol. The zero-order valence-electron chi connectivity index (χ0n) is 18.9. The van der Waals surface area contributed by atoms with Gasteiger partial charge in [-0.25, -0.2) is 14.2 Å². The van der Waals surface area contributed by atoms with E-state index in [1.165, 1.54) is 0 Å². The summed E-state index contributed by atoms with van der Waals surface area (Å²) in [7, 11) is 0. The highest BCUT2D eigenvalue weighted by molar-refractivity contribution is 9.10. The van der Waals surface area contributed by atoms with Crippen molar-refractivity contribution in [2.24, 2.45) is 0 Å². The van der Waals surface area contributed by atoms with E-state index in [2.05, 4.69) is 30.8 Å². The Labute approximate surface area is 205 Å². The number of hydrogen-bond donors (Lipinski definition) is 0. The lowest BCUT2D eigenvalue weighted by Crippen LogP contribution is -2.68. The van der Waals surface area contributed by atoms with Crippen molar-refractivity contribution in [3.8, 4) is 0 Å². The van der Waals surface area contributed by atoms with Crippen LogP contribution in [0.5, 0.6) is 0 Å². The third-order valence-corrected chi connectivity index (χ3v) is 7.56. The summed E-state index contributed by atoms with van der Waals surface area (Å²) in [4.78, 5) is 26.0. The maximum atomic E-state index is 14.8. The number of piperazine rings is 1. The van der Waals surface area contributed by atoms with Crippen LogP contribution in [0.3, 0.4) is 0 Å². The van der Waals surface area contributed by atoms with Crippen LogP contribution in [0, 0.1) is 5.82 Å². The van der Waals surface area contributed by atoms with Gasteiger partial charge in [-0.2, -0.15) is 4.98 Å². The highest BCUT2D eigenvalue weighted by Gasteiger charge is 2.59. The van der Waals surface area contributed by atoms with Gasteiger partial charge in [0.05, 0.1) is 22.2 Å². The fourth-order valence-electron chi connectivity index (χ4n) is 5.57. The maximum absolute atomic E-state index is 14.8. The molecule has 33 heavy (non-hydrogen) atoms. The fourth-order valence-corrected chi connectivity index (χ4v) is 6.05. The van der Waals surface area contributed by atoms with Crippen LogP contribution >= 0.6 is 27.5 Å². The third-order valence-electron chi connectivity index (χ3n) is 6.78. The largest absolute Gasteiger partial charge is 0.444 e. The van der Waals surface area contributed by atoms with Crippen molar-refractivity contribution >= 4 is 50.3 Å². The van der Waals surface area contributed by atoms with E-state index in [0.717, 1.165) is 25.7 Å². The molecule has 2 aromatic rings. The Balaban J connectivity index is 1.57. The summed E-state index contributed by atoms with van der Waals surface area (Å²) in [6.45, 7) is 7.37. The minimum absolute atomic E-state index is 0.0115. The quantitative estimate of drug-likeness (QED) is 0.479. The van der Waals surface area contributed by atoms with Gasteiger partial charge >= 0.3 is 6.09 Å². The number of carbonyl (C=O) groups is 1. The minimum atomic E-state index is -0.591. The number of nitrogens with zero attached hydrogens (tertiary/aromatic N) is 4. The van der Waals surface area contributed by atoms with Crippen LogP contribution in [0.2, 0.25) is 5.28 Å². The highest BCUT2D eigenvalue weighted by atomic mass is 79.9. The van der Waals surface area contributed by atoms with Gasteiger partial charge in [0.2, 0.25) is 5.28 Å². The van der Waals surface area contributed by atoms with Gasteiger partial charge in [0, 0.05) is 25.1 Å². The monoisotopic (exact) mass is 540 g/mol. The van der Waals surface area contributed by atoms with Crippen LogP contribution in [0.1, 0.15) is 46.5 Å². The van der Waals surface area contributed by atoms with Crippen molar-refractivity contribution in [2.45, 2.75) is 69.7 Å². The Morgan fingerprint density at radius 3 is 2.82 bits per heavy atom. The molecule has 2 unspecified atom stereocenters. The lowest BCUT2D eigenvalue weighted by Gasteiger charge is -2.51. The van der Waals surface area contributed by atoms with E-state index in [1.54, 1.807) is 12.1 Å². The molecular formula is C23H27BrClFN4O3. The first-order valence-electron chi connectivity index (χ1n) is 11.3. The second kappa shape index (κ2) is 8.20. The van der Waals surface area contributed by atoms with Crippen molar-refractivity contribution in [3.05, 3.63) is 27.7 Å². The van der Waals surface area contributed by atoms with Gasteiger partial charge in [0.1, 0.15) is 16.9 Å². The summed E-state index contributed by atoms with van der Waals surface area (Å²) in [6, 6.07) is 3.39. The van der Waals surface area contributed by atoms with E-state index in [9.17, 15) is 9.18 Å². The van der Waals surface area contributed by atoms with Crippen LogP contribution in [0.25, 0.3) is 10.9 Å². The van der Waals surface area contributed by atoms with E-state index < -0.39 is 17.0 Å². The smallest absolute Gasteiger partial charge is 0.411 e. The molecule has 2 bridgehead atoms. The van der Waals surface area contributed by atoms with E-state index in [4.69, 9.17) is 21.1 Å². The number of amides is 1. The Morgan fingerprint density at radius 2 is 2.12 bits per heavy atom. The summed E-state index contributed by atoms with van der Waals surface area (Å²) in [5.41, 5.74) is -0.959. The molecule has 0 N–H and O–H groups in total. The van der Waals surface area contributed by atoms with Crippen molar-refractivity contribution < 1.29 is 18.7 Å². The van der Waals surface area contributed by atoms with Crippen molar-refractivity contribution in [1.82, 2.24) is 14.9 Å². The molecule has 3 aliphatic rings. The van der Waals surface area contributed by atoms with Gasteiger partial charge in [-0.15, -0.1) is 0 Å². The molecule has 0 spiro atoms. The maximum Gasteiger partial charge on any atom is 0.411 e. The third kappa shape index (κ3) is 3.96. The SMILES string of the molecule is CC(C)(C)OC(=O)N1C2CCC1([C@H]1CCCO1)CN(c1nc(Cl)nc3c(F)c(Br)ccc13)C2. The normalized spacial score (nSPS) is 27.5. The molecule has 7 nitrogen and oxygen atoms in total. The topological polar surface area (TPSA) is 67.8 Å². The van der Waals surface area contributed by atoms with Crippen LogP contribution < -0.4 is 4.90 Å². The van der Waals surface area contributed by atoms with Gasteiger partial charge in [0.15, 0.2) is 5.82 Å². The first kappa shape index (κ1) is 23.1. The van der Waals surface area contributed by atoms with Crippen LogP contribution in [0.15, 0.2) is 16.6 Å². The molecule has 5 rings (SSSR count). The number of rotatable bonds is 2. The second-order valence-corrected chi connectivity index (χ2v) is 11.3. The fraction of sp³-hybridized carbons (Fsp3) is 0.609. The first-order valence-corrected chi connectivity index (χ1v) is 12.5. The Morgan fingerprint density at radius 1 is 1.33 bits per heavy atom. The minimum Gasteiger partial charge on any atom is -0.444 e. The van der Waals surface area contributed by atoms with Gasteiger partial charge < -0.3 is 14.4 Å². The van der Waals surface area contributed by atoms with E-state index >= 15 is 0 Å². The molecule has 3 saturated heterocycles. The van der Waals surface area contributed by atoms with Crippen LogP contribution in [0.4, 0.5) is 15.0 Å². The summed E-state index contributed by atoms with van der Waals surface area (Å²) in [6.07, 6.45) is 3.10. The predicted octanol–water partition coefficient (Wildman–Crippen LogP) is 5.32. The molecule has 1 aromatic carbocycles. The summed E-state index contributed by atoms with van der Waals surface area (Å²) < 4.78 is 27.1. The van der Waals surface area contributed by atoms with E-state index in [-0.39, 0.29) is 29.0 Å². The molecule has 10 heteroatoms. The number of anilines is 1. The predicted molar refractivity (Wildman–Crippen MR) is 127 cm³/mol. The zero-order valence-corrected chi connectivity index (χ0v) is 21.2. The standard InChI is InChI=1S/C23H27BrClFN4O3/c1-22(2,3)33-21(31)30-13-8-9-23(30,16-5-4-10-32-16)12-29(11-13)19-14-6-7-15(24)17(26)18(14)27-20(25)28-19/h6-7,13,16H,4-5,8-12H2,1-3H3/t13?,16-,23?/m1/s1. The Hall–Kier alpha value is -1.71. The number of benzene rings is 1. The first-order chi connectivity index (χ1) is 15.6. The molecule has 0 aliphatic carbocycles. The molecule has 3 atom stereocenters. The van der Waals surface area contributed by atoms with Crippen LogP contribution in [-0.2, 0) is 9.47 Å². The number of aromatic nitrogens is 2. The lowest BCUT2D eigenvalue weighted by atomic mass is 9.86. The molecule has 1 aromatic heterocycles. The highest BCUT2D eigenvalue weighted by Crippen LogP contribution is 2.47. The van der Waals surface area contributed by atoms with Crippen molar-refractivity contribution in [2.75, 3.05) is 24.6 Å². The summed E-state index contributed by atoms with van der Waals surface area (Å²) >= 11 is 9.45. The Bertz CT molecular complexity index is 1110. The van der Waals surface area contributed by atoms with Crippen LogP contribution in [-0.4, -0.2) is 63.9 Å². The number of fused-ring (bicyclic) bond motifs is 3. The number of carbonyl (C=O) groups excluding carboxylic acids is 1. The van der Waals surface area contributed by atoms with Crippen molar-refractivity contribution in [1.29, 1.82) is 0 Å². The molecule has 3 fully saturated rings. The lowest BCUT2D eigenvalue weighted by molar-refractivity contribution is -0.0556. The summed E-state index contributed by atoms with van der Waals surface area (Å²) in [5, 5.41) is 0.579. The number of ether oxygens (including phenoxy) is 2. The van der Waals surface area contributed by atoms with Gasteiger partial charge in [0.25, 0.3) is 0 Å². The molecule has 3 aliphatic heterocycles. The van der Waals surface area contributed by atoms with E-state index in [1.807, 2.05) is 25.7 Å². The molecule has 178 valence electrons. The van der Waals surface area contributed by atoms with Gasteiger partial charge in [-0.1, -0.05) is 0 Å². The molecule has 1 amide bonds. The number of hydrogen-bond acceptors (Lipinski definition) is 6. The molecule has 0 saturated carbocycles. The van der Waals surface area contributed by atoms with Gasteiger partial charge in [-0.05, 0) is 86.1 Å². The second-order valence-electron chi connectivity index (χ2n) is 10.1. The number of halogens is 3. The Kier molecular flexibility index (Phi) is 5.73. The zero-order chi connectivity index (χ0) is 23.5.